The SMILES string of the molecule is COC(=O)c1cc(N)ccc1NC(C)CC(N)=O. The number of amides is 1. The van der Waals surface area contributed by atoms with Crippen molar-refractivity contribution in [1.29, 1.82) is 0 Å². The molecule has 1 aromatic carbocycles. The highest BCUT2D eigenvalue weighted by atomic mass is 16.5. The van der Waals surface area contributed by atoms with E-state index in [0.717, 1.165) is 0 Å². The molecule has 0 bridgehead atoms. The van der Waals surface area contributed by atoms with Crippen LogP contribution < -0.4 is 16.8 Å². The normalized spacial score (nSPS) is 11.7. The van der Waals surface area contributed by atoms with Gasteiger partial charge in [0.2, 0.25) is 5.91 Å². The summed E-state index contributed by atoms with van der Waals surface area (Å²) in [5, 5.41) is 3.03. The Morgan fingerprint density at radius 1 is 1.44 bits per heavy atom. The Balaban J connectivity index is 2.94. The number of hydrogen-bond acceptors (Lipinski definition) is 5. The standard InChI is InChI=1S/C12H17N3O3/c1-7(5-11(14)16)15-10-4-3-8(13)6-9(10)12(17)18-2/h3-4,6-7,15H,5,13H2,1-2H3,(H2,14,16). The lowest BCUT2D eigenvalue weighted by Gasteiger charge is -2.16. The van der Waals surface area contributed by atoms with E-state index in [1.54, 1.807) is 19.1 Å². The summed E-state index contributed by atoms with van der Waals surface area (Å²) in [5.41, 5.74) is 12.1. The fourth-order valence-electron chi connectivity index (χ4n) is 1.58. The Kier molecular flexibility index (Phi) is 4.53. The van der Waals surface area contributed by atoms with Crippen molar-refractivity contribution in [1.82, 2.24) is 0 Å². The van der Waals surface area contributed by atoms with Crippen molar-refractivity contribution < 1.29 is 14.3 Å². The van der Waals surface area contributed by atoms with E-state index < -0.39 is 11.9 Å². The van der Waals surface area contributed by atoms with Gasteiger partial charge in [-0.25, -0.2) is 4.79 Å². The van der Waals surface area contributed by atoms with Crippen LogP contribution in [0, 0.1) is 0 Å². The molecule has 6 nitrogen and oxygen atoms in total. The number of rotatable bonds is 5. The Morgan fingerprint density at radius 3 is 2.67 bits per heavy atom. The quantitative estimate of drug-likeness (QED) is 0.528. The maximum Gasteiger partial charge on any atom is 0.340 e. The lowest BCUT2D eigenvalue weighted by Crippen LogP contribution is -2.25. The van der Waals surface area contributed by atoms with Gasteiger partial charge in [0.25, 0.3) is 0 Å². The van der Waals surface area contributed by atoms with Gasteiger partial charge in [0.15, 0.2) is 0 Å². The third kappa shape index (κ3) is 3.65. The van der Waals surface area contributed by atoms with E-state index in [9.17, 15) is 9.59 Å². The molecule has 0 aliphatic heterocycles. The van der Waals surface area contributed by atoms with E-state index >= 15 is 0 Å². The van der Waals surface area contributed by atoms with Crippen molar-refractivity contribution in [3.05, 3.63) is 23.8 Å². The third-order valence-corrected chi connectivity index (χ3v) is 2.36. The summed E-state index contributed by atoms with van der Waals surface area (Å²) in [6.45, 7) is 1.79. The second kappa shape index (κ2) is 5.90. The highest BCUT2D eigenvalue weighted by molar-refractivity contribution is 5.96. The second-order valence-electron chi connectivity index (χ2n) is 4.01. The first-order chi connectivity index (χ1) is 8.43. The molecule has 1 atom stereocenters. The molecular formula is C12H17N3O3. The lowest BCUT2D eigenvalue weighted by molar-refractivity contribution is -0.118. The zero-order valence-corrected chi connectivity index (χ0v) is 10.4. The summed E-state index contributed by atoms with van der Waals surface area (Å²) in [6.07, 6.45) is 0.172. The minimum Gasteiger partial charge on any atom is -0.465 e. The number of carbonyl (C=O) groups is 2. The number of benzene rings is 1. The Bertz CT molecular complexity index is 460. The first kappa shape index (κ1) is 13.8. The number of anilines is 2. The van der Waals surface area contributed by atoms with E-state index in [-0.39, 0.29) is 12.5 Å². The van der Waals surface area contributed by atoms with Crippen LogP contribution in [0.3, 0.4) is 0 Å². The van der Waals surface area contributed by atoms with Crippen LogP contribution in [-0.4, -0.2) is 25.0 Å². The number of nitrogens with two attached hydrogens (primary N) is 2. The molecule has 5 N–H and O–H groups in total. The zero-order valence-electron chi connectivity index (χ0n) is 10.4. The minimum atomic E-state index is -0.490. The van der Waals surface area contributed by atoms with Crippen molar-refractivity contribution in [2.45, 2.75) is 19.4 Å². The molecule has 0 aliphatic rings. The molecule has 1 unspecified atom stereocenters. The average molecular weight is 251 g/mol. The van der Waals surface area contributed by atoms with Crippen molar-refractivity contribution in [2.24, 2.45) is 5.73 Å². The van der Waals surface area contributed by atoms with Crippen LogP contribution in [-0.2, 0) is 9.53 Å². The highest BCUT2D eigenvalue weighted by Gasteiger charge is 2.14. The molecule has 1 aromatic rings. The first-order valence-corrected chi connectivity index (χ1v) is 5.46. The molecule has 0 spiro atoms. The van der Waals surface area contributed by atoms with Gasteiger partial charge in [-0.05, 0) is 25.1 Å². The largest absolute Gasteiger partial charge is 0.465 e. The van der Waals surface area contributed by atoms with E-state index in [0.29, 0.717) is 16.9 Å². The molecule has 0 heterocycles. The van der Waals surface area contributed by atoms with Crippen molar-refractivity contribution in [3.63, 3.8) is 0 Å². The van der Waals surface area contributed by atoms with Crippen LogP contribution in [0.25, 0.3) is 0 Å². The van der Waals surface area contributed by atoms with Crippen LogP contribution in [0.15, 0.2) is 18.2 Å². The number of methoxy groups -OCH3 is 1. The average Bonchev–Trinajstić information content (AvgIpc) is 2.29. The van der Waals surface area contributed by atoms with E-state index in [4.69, 9.17) is 11.5 Å². The monoisotopic (exact) mass is 251 g/mol. The molecule has 98 valence electrons. The number of nitrogen functional groups attached to an aromatic ring is 1. The van der Waals surface area contributed by atoms with Gasteiger partial charge in [0.05, 0.1) is 12.7 Å². The predicted molar refractivity (Wildman–Crippen MR) is 69.1 cm³/mol. The predicted octanol–water partition coefficient (Wildman–Crippen LogP) is 0.731. The van der Waals surface area contributed by atoms with Crippen LogP contribution in [0.2, 0.25) is 0 Å². The van der Waals surface area contributed by atoms with Gasteiger partial charge in [-0.15, -0.1) is 0 Å². The van der Waals surface area contributed by atoms with Crippen LogP contribution in [0.4, 0.5) is 11.4 Å². The maximum absolute atomic E-state index is 11.6. The van der Waals surface area contributed by atoms with E-state index in [1.165, 1.54) is 13.2 Å². The summed E-state index contributed by atoms with van der Waals surface area (Å²) >= 11 is 0. The molecule has 1 amide bonds. The minimum absolute atomic E-state index is 0.172. The summed E-state index contributed by atoms with van der Waals surface area (Å²) in [6, 6.07) is 4.66. The van der Waals surface area contributed by atoms with Gasteiger partial charge in [-0.3, -0.25) is 4.79 Å². The number of ether oxygens (including phenoxy) is 1. The molecule has 0 fully saturated rings. The third-order valence-electron chi connectivity index (χ3n) is 2.36. The number of hydrogen-bond donors (Lipinski definition) is 3. The van der Waals surface area contributed by atoms with E-state index in [2.05, 4.69) is 10.1 Å². The zero-order chi connectivity index (χ0) is 13.7. The van der Waals surface area contributed by atoms with Gasteiger partial charge in [-0.2, -0.15) is 0 Å². The fraction of sp³-hybridized carbons (Fsp3) is 0.333. The van der Waals surface area contributed by atoms with Crippen LogP contribution >= 0.6 is 0 Å². The van der Waals surface area contributed by atoms with Crippen molar-refractivity contribution in [3.8, 4) is 0 Å². The molecule has 18 heavy (non-hydrogen) atoms. The molecule has 6 heteroatoms. The number of esters is 1. The Hall–Kier alpha value is -2.24. The fourth-order valence-corrected chi connectivity index (χ4v) is 1.58. The molecule has 0 aliphatic carbocycles. The Morgan fingerprint density at radius 2 is 2.11 bits per heavy atom. The van der Waals surface area contributed by atoms with Gasteiger partial charge in [0.1, 0.15) is 0 Å². The molecule has 0 aromatic heterocycles. The topological polar surface area (TPSA) is 107 Å². The molecule has 1 rings (SSSR count). The highest BCUT2D eigenvalue weighted by Crippen LogP contribution is 2.21. The van der Waals surface area contributed by atoms with Gasteiger partial charge < -0.3 is 21.5 Å². The van der Waals surface area contributed by atoms with Gasteiger partial charge in [-0.1, -0.05) is 0 Å². The lowest BCUT2D eigenvalue weighted by atomic mass is 10.1. The van der Waals surface area contributed by atoms with Gasteiger partial charge >= 0.3 is 5.97 Å². The molecular weight excluding hydrogens is 234 g/mol. The first-order valence-electron chi connectivity index (χ1n) is 5.46. The summed E-state index contributed by atoms with van der Waals surface area (Å²) in [7, 11) is 1.29. The summed E-state index contributed by atoms with van der Waals surface area (Å²) < 4.78 is 4.67. The van der Waals surface area contributed by atoms with Crippen LogP contribution in [0.1, 0.15) is 23.7 Å². The maximum atomic E-state index is 11.6. The van der Waals surface area contributed by atoms with Gasteiger partial charge in [0, 0.05) is 23.8 Å². The second-order valence-corrected chi connectivity index (χ2v) is 4.01. The van der Waals surface area contributed by atoms with E-state index in [1.807, 2.05) is 0 Å². The number of nitrogens with one attached hydrogen (secondary N) is 1. The van der Waals surface area contributed by atoms with Crippen molar-refractivity contribution in [2.75, 3.05) is 18.2 Å². The van der Waals surface area contributed by atoms with Crippen molar-refractivity contribution >= 4 is 23.3 Å². The van der Waals surface area contributed by atoms with Crippen LogP contribution in [0.5, 0.6) is 0 Å². The molecule has 0 saturated carbocycles. The smallest absolute Gasteiger partial charge is 0.340 e. The summed E-state index contributed by atoms with van der Waals surface area (Å²) in [4.78, 5) is 22.4. The summed E-state index contributed by atoms with van der Waals surface area (Å²) in [5.74, 6) is -0.902. The number of primary amides is 1. The molecule has 0 saturated heterocycles. The number of carbonyl (C=O) groups excluding carboxylic acids is 2. The molecule has 0 radical (unpaired) electrons. The Labute approximate surface area is 105 Å².